The van der Waals surface area contributed by atoms with Gasteiger partial charge in [0.2, 0.25) is 0 Å². The van der Waals surface area contributed by atoms with E-state index in [2.05, 4.69) is 10.2 Å². The summed E-state index contributed by atoms with van der Waals surface area (Å²) >= 11 is 0. The molecule has 1 N–H and O–H groups in total. The third-order valence-electron chi connectivity index (χ3n) is 4.79. The molecule has 1 aromatic carbocycles. The molecule has 8 nitrogen and oxygen atoms in total. The highest BCUT2D eigenvalue weighted by atomic mass is 16.5. The fourth-order valence-electron chi connectivity index (χ4n) is 3.25. The number of furan rings is 1. The van der Waals surface area contributed by atoms with Gasteiger partial charge in [0, 0.05) is 32.7 Å². The highest BCUT2D eigenvalue weighted by molar-refractivity contribution is 5.91. The van der Waals surface area contributed by atoms with Crippen molar-refractivity contribution in [3.05, 3.63) is 47.9 Å². The number of hydrogen-bond acceptors (Lipinski definition) is 5. The van der Waals surface area contributed by atoms with Crippen molar-refractivity contribution in [2.24, 2.45) is 4.99 Å². The van der Waals surface area contributed by atoms with Crippen LogP contribution in [-0.4, -0.2) is 68.6 Å². The van der Waals surface area contributed by atoms with Crippen LogP contribution in [-0.2, 0) is 6.54 Å². The largest absolute Gasteiger partial charge is 0.493 e. The second kappa shape index (κ2) is 9.86. The molecule has 1 aliphatic rings. The topological polar surface area (TPSA) is 79.5 Å². The van der Waals surface area contributed by atoms with Crippen molar-refractivity contribution in [3.63, 3.8) is 0 Å². The number of nitrogens with zero attached hydrogens (tertiary/aromatic N) is 3. The Morgan fingerprint density at radius 1 is 1.10 bits per heavy atom. The van der Waals surface area contributed by atoms with E-state index in [0.717, 1.165) is 18.1 Å². The third-order valence-corrected chi connectivity index (χ3v) is 4.79. The van der Waals surface area contributed by atoms with E-state index >= 15 is 0 Å². The molecule has 1 saturated heterocycles. The predicted molar refractivity (Wildman–Crippen MR) is 111 cm³/mol. The monoisotopic (exact) mass is 400 g/mol. The van der Waals surface area contributed by atoms with Gasteiger partial charge in [-0.2, -0.15) is 0 Å². The number of hydrogen-bond donors (Lipinski definition) is 1. The van der Waals surface area contributed by atoms with Crippen molar-refractivity contribution in [1.29, 1.82) is 0 Å². The Kier molecular flexibility index (Phi) is 6.99. The van der Waals surface area contributed by atoms with E-state index in [4.69, 9.17) is 18.9 Å². The van der Waals surface area contributed by atoms with Gasteiger partial charge in [-0.15, -0.1) is 0 Å². The minimum Gasteiger partial charge on any atom is -0.493 e. The standard InChI is InChI=1S/C21H28N4O4/c1-4-22-21(23-15-16-7-8-17(27-2)19(14-16)28-3)25-11-9-24(10-12-25)20(26)18-6-5-13-29-18/h5-8,13-14H,4,9-12,15H2,1-3H3,(H,22,23). The highest BCUT2D eigenvalue weighted by Gasteiger charge is 2.25. The molecule has 1 aliphatic heterocycles. The second-order valence-corrected chi connectivity index (χ2v) is 6.62. The lowest BCUT2D eigenvalue weighted by atomic mass is 10.2. The number of piperazine rings is 1. The first-order valence-corrected chi connectivity index (χ1v) is 9.73. The molecule has 3 rings (SSSR count). The van der Waals surface area contributed by atoms with Gasteiger partial charge in [0.1, 0.15) is 0 Å². The van der Waals surface area contributed by atoms with Crippen LogP contribution >= 0.6 is 0 Å². The summed E-state index contributed by atoms with van der Waals surface area (Å²) < 4.78 is 15.9. The number of carbonyl (C=O) groups is 1. The number of ether oxygens (including phenoxy) is 2. The molecule has 29 heavy (non-hydrogen) atoms. The molecule has 0 bridgehead atoms. The number of methoxy groups -OCH3 is 2. The van der Waals surface area contributed by atoms with Gasteiger partial charge in [-0.05, 0) is 36.8 Å². The van der Waals surface area contributed by atoms with Gasteiger partial charge in [0.15, 0.2) is 23.2 Å². The van der Waals surface area contributed by atoms with Crippen LogP contribution in [0.2, 0.25) is 0 Å². The molecule has 1 fully saturated rings. The van der Waals surface area contributed by atoms with E-state index in [1.165, 1.54) is 6.26 Å². The van der Waals surface area contributed by atoms with E-state index < -0.39 is 0 Å². The van der Waals surface area contributed by atoms with E-state index in [1.807, 2.05) is 30.0 Å². The molecule has 156 valence electrons. The molecule has 0 radical (unpaired) electrons. The summed E-state index contributed by atoms with van der Waals surface area (Å²) in [4.78, 5) is 21.2. The minimum atomic E-state index is -0.0677. The number of nitrogens with one attached hydrogen (secondary N) is 1. The molecule has 2 aromatic rings. The van der Waals surface area contributed by atoms with Crippen LogP contribution in [0, 0.1) is 0 Å². The zero-order valence-electron chi connectivity index (χ0n) is 17.2. The lowest BCUT2D eigenvalue weighted by molar-refractivity contribution is 0.0657. The number of rotatable bonds is 6. The fraction of sp³-hybridized carbons (Fsp3) is 0.429. The molecular formula is C21H28N4O4. The van der Waals surface area contributed by atoms with Gasteiger partial charge in [0.25, 0.3) is 5.91 Å². The second-order valence-electron chi connectivity index (χ2n) is 6.62. The van der Waals surface area contributed by atoms with Crippen molar-refractivity contribution in [3.8, 4) is 11.5 Å². The Hall–Kier alpha value is -3.16. The molecule has 2 heterocycles. The SMILES string of the molecule is CCNC(=NCc1ccc(OC)c(OC)c1)N1CCN(C(=O)c2ccco2)CC1. The number of carbonyl (C=O) groups excluding carboxylic acids is 1. The molecule has 0 saturated carbocycles. The number of aliphatic imine (C=N–C) groups is 1. The summed E-state index contributed by atoms with van der Waals surface area (Å²) in [7, 11) is 3.24. The van der Waals surface area contributed by atoms with Gasteiger partial charge in [-0.25, -0.2) is 4.99 Å². The van der Waals surface area contributed by atoms with Crippen LogP contribution < -0.4 is 14.8 Å². The number of benzene rings is 1. The van der Waals surface area contributed by atoms with Gasteiger partial charge >= 0.3 is 0 Å². The van der Waals surface area contributed by atoms with Crippen LogP contribution in [0.5, 0.6) is 11.5 Å². The maximum atomic E-state index is 12.4. The van der Waals surface area contributed by atoms with E-state index in [-0.39, 0.29) is 5.91 Å². The minimum absolute atomic E-state index is 0.0677. The molecular weight excluding hydrogens is 372 g/mol. The summed E-state index contributed by atoms with van der Waals surface area (Å²) in [5.41, 5.74) is 1.03. The molecule has 0 spiro atoms. The van der Waals surface area contributed by atoms with Crippen molar-refractivity contribution in [1.82, 2.24) is 15.1 Å². The fourth-order valence-corrected chi connectivity index (χ4v) is 3.25. The molecule has 1 aromatic heterocycles. The summed E-state index contributed by atoms with van der Waals surface area (Å²) in [6.07, 6.45) is 1.52. The first-order chi connectivity index (χ1) is 14.2. The molecule has 8 heteroatoms. The summed E-state index contributed by atoms with van der Waals surface area (Å²) in [6.45, 7) is 6.02. The van der Waals surface area contributed by atoms with Crippen molar-refractivity contribution in [2.45, 2.75) is 13.5 Å². The van der Waals surface area contributed by atoms with Crippen molar-refractivity contribution in [2.75, 3.05) is 46.9 Å². The maximum absolute atomic E-state index is 12.4. The Labute approximate surface area is 171 Å². The van der Waals surface area contributed by atoms with Crippen molar-refractivity contribution < 1.29 is 18.7 Å². The van der Waals surface area contributed by atoms with Gasteiger partial charge < -0.3 is 29.0 Å². The van der Waals surface area contributed by atoms with E-state index in [0.29, 0.717) is 50.0 Å². The summed E-state index contributed by atoms with van der Waals surface area (Å²) in [5.74, 6) is 2.54. The number of amides is 1. The molecule has 0 atom stereocenters. The van der Waals surface area contributed by atoms with E-state index in [1.54, 1.807) is 26.4 Å². The van der Waals surface area contributed by atoms with Crippen LogP contribution in [0.25, 0.3) is 0 Å². The van der Waals surface area contributed by atoms with Crippen LogP contribution in [0.1, 0.15) is 23.0 Å². The average Bonchev–Trinajstić information content (AvgIpc) is 3.31. The smallest absolute Gasteiger partial charge is 0.289 e. The highest BCUT2D eigenvalue weighted by Crippen LogP contribution is 2.27. The number of guanidine groups is 1. The van der Waals surface area contributed by atoms with Crippen LogP contribution in [0.3, 0.4) is 0 Å². The van der Waals surface area contributed by atoms with Crippen LogP contribution in [0.15, 0.2) is 46.0 Å². The zero-order chi connectivity index (χ0) is 20.6. The zero-order valence-corrected chi connectivity index (χ0v) is 17.2. The predicted octanol–water partition coefficient (Wildman–Crippen LogP) is 2.22. The van der Waals surface area contributed by atoms with Gasteiger partial charge in [0.05, 0.1) is 27.0 Å². The Balaban J connectivity index is 1.63. The Morgan fingerprint density at radius 2 is 1.83 bits per heavy atom. The average molecular weight is 400 g/mol. The third kappa shape index (κ3) is 5.01. The van der Waals surface area contributed by atoms with Crippen molar-refractivity contribution >= 4 is 11.9 Å². The Bertz CT molecular complexity index is 827. The first kappa shape index (κ1) is 20.6. The quantitative estimate of drug-likeness (QED) is 0.592. The molecule has 0 unspecified atom stereocenters. The summed E-state index contributed by atoms with van der Waals surface area (Å²) in [6, 6.07) is 9.23. The first-order valence-electron chi connectivity index (χ1n) is 9.73. The van der Waals surface area contributed by atoms with Gasteiger partial charge in [-0.1, -0.05) is 6.07 Å². The maximum Gasteiger partial charge on any atom is 0.289 e. The lowest BCUT2D eigenvalue weighted by Crippen LogP contribution is -2.53. The normalized spacial score (nSPS) is 14.7. The van der Waals surface area contributed by atoms with Gasteiger partial charge in [-0.3, -0.25) is 4.79 Å². The molecule has 0 aliphatic carbocycles. The summed E-state index contributed by atoms with van der Waals surface area (Å²) in [5, 5.41) is 3.34. The lowest BCUT2D eigenvalue weighted by Gasteiger charge is -2.36. The van der Waals surface area contributed by atoms with E-state index in [9.17, 15) is 4.79 Å². The van der Waals surface area contributed by atoms with Crippen LogP contribution in [0.4, 0.5) is 0 Å². The molecule has 1 amide bonds. The Morgan fingerprint density at radius 3 is 2.45 bits per heavy atom.